The molecule has 9 aromatic rings. The molecule has 53 heavy (non-hydrogen) atoms. The Morgan fingerprint density at radius 3 is 1.81 bits per heavy atom. The summed E-state index contributed by atoms with van der Waals surface area (Å²) in [5.41, 5.74) is 13.4. The first kappa shape index (κ1) is 30.8. The number of fused-ring (bicyclic) bond motifs is 4. The lowest BCUT2D eigenvalue weighted by molar-refractivity contribution is 0.973. The van der Waals surface area contributed by atoms with Crippen LogP contribution < -0.4 is 5.32 Å². The first-order valence-electron chi connectivity index (χ1n) is 18.0. The molecule has 250 valence electrons. The fraction of sp³-hybridized carbons (Fsp3) is 0.0204. The van der Waals surface area contributed by atoms with Crippen molar-refractivity contribution in [3.8, 4) is 45.2 Å². The molecule has 0 spiro atoms. The summed E-state index contributed by atoms with van der Waals surface area (Å²) in [6.45, 7) is 0. The molecule has 0 aliphatic carbocycles. The minimum Gasteiger partial charge on any atom is -0.374 e. The van der Waals surface area contributed by atoms with Crippen molar-refractivity contribution < 1.29 is 0 Å². The number of anilines is 1. The second-order valence-corrected chi connectivity index (χ2v) is 13.5. The molecule has 1 aliphatic rings. The normalized spacial score (nSPS) is 13.7. The molecule has 2 aromatic heterocycles. The molecule has 0 radical (unpaired) electrons. The second-order valence-electron chi connectivity index (χ2n) is 13.5. The van der Waals surface area contributed by atoms with Gasteiger partial charge >= 0.3 is 0 Å². The molecule has 4 nitrogen and oxygen atoms in total. The van der Waals surface area contributed by atoms with Crippen LogP contribution in [0.25, 0.3) is 67.2 Å². The van der Waals surface area contributed by atoms with Gasteiger partial charge in [-0.15, -0.1) is 0 Å². The first-order chi connectivity index (χ1) is 26.3. The summed E-state index contributed by atoms with van der Waals surface area (Å²) in [5, 5.41) is 6.05. The molecular weight excluding hydrogens is 645 g/mol. The molecular formula is C49H34N4. The van der Waals surface area contributed by atoms with E-state index in [2.05, 4.69) is 186 Å². The lowest BCUT2D eigenvalue weighted by Gasteiger charge is -2.27. The lowest BCUT2D eigenvalue weighted by atomic mass is 9.88. The van der Waals surface area contributed by atoms with Gasteiger partial charge in [-0.1, -0.05) is 170 Å². The molecule has 0 saturated carbocycles. The number of para-hydroxylation sites is 1. The van der Waals surface area contributed by atoms with E-state index in [9.17, 15) is 0 Å². The summed E-state index contributed by atoms with van der Waals surface area (Å²) in [4.78, 5) is 10.6. The van der Waals surface area contributed by atoms with E-state index < -0.39 is 0 Å². The third-order valence-electron chi connectivity index (χ3n) is 10.2. The number of hydrogen-bond acceptors (Lipinski definition) is 3. The average Bonchev–Trinajstić information content (AvgIpc) is 3.58. The van der Waals surface area contributed by atoms with E-state index in [-0.39, 0.29) is 6.04 Å². The van der Waals surface area contributed by atoms with Crippen LogP contribution in [-0.2, 0) is 0 Å². The van der Waals surface area contributed by atoms with Gasteiger partial charge < -0.3 is 5.32 Å². The van der Waals surface area contributed by atoms with Crippen molar-refractivity contribution >= 4 is 27.7 Å². The fourth-order valence-electron chi connectivity index (χ4n) is 7.72. The van der Waals surface area contributed by atoms with Crippen LogP contribution in [0.4, 0.5) is 5.69 Å². The van der Waals surface area contributed by atoms with Crippen molar-refractivity contribution in [2.24, 2.45) is 0 Å². The van der Waals surface area contributed by atoms with E-state index in [4.69, 9.17) is 9.97 Å². The molecule has 1 N–H and O–H groups in total. The maximum Gasteiger partial charge on any atom is 0.163 e. The van der Waals surface area contributed by atoms with Crippen molar-refractivity contribution in [3.63, 3.8) is 0 Å². The number of hydrogen-bond donors (Lipinski definition) is 1. The summed E-state index contributed by atoms with van der Waals surface area (Å²) < 4.78 is 2.25. The van der Waals surface area contributed by atoms with Gasteiger partial charge in [0.15, 0.2) is 5.82 Å². The quantitative estimate of drug-likeness (QED) is 0.190. The standard InChI is InChI=1S/C49H34N4/c1-4-16-33(17-5-1)43-32-45(50-44-29-13-12-26-40(43)44)38-24-14-22-36(30-38)37-23-15-25-39(31-37)48-51-47(35-20-8-3-9-21-35)52-49-42-28-11-10-27-41(42)46(53(48)49)34-18-6-2-7-19-34/h1-32,45,50H. The van der Waals surface area contributed by atoms with Crippen molar-refractivity contribution in [2.45, 2.75) is 6.04 Å². The second kappa shape index (κ2) is 12.9. The average molecular weight is 679 g/mol. The zero-order valence-corrected chi connectivity index (χ0v) is 28.9. The zero-order valence-electron chi connectivity index (χ0n) is 28.9. The first-order valence-corrected chi connectivity index (χ1v) is 18.0. The predicted octanol–water partition coefficient (Wildman–Crippen LogP) is 12.1. The Morgan fingerprint density at radius 2 is 1.04 bits per heavy atom. The van der Waals surface area contributed by atoms with E-state index >= 15 is 0 Å². The predicted molar refractivity (Wildman–Crippen MR) is 219 cm³/mol. The van der Waals surface area contributed by atoms with Crippen LogP contribution >= 0.6 is 0 Å². The SMILES string of the molecule is C1=C(c2ccccc2)c2ccccc2NC1c1cccc(-c2cccc(-c3nc(-c4ccccc4)nc4c5ccccc5c(-c5ccccc5)n34)c2)c1. The van der Waals surface area contributed by atoms with Gasteiger partial charge in [0.2, 0.25) is 0 Å². The zero-order chi connectivity index (χ0) is 35.1. The third-order valence-corrected chi connectivity index (χ3v) is 10.2. The molecule has 1 unspecified atom stereocenters. The fourth-order valence-corrected chi connectivity index (χ4v) is 7.72. The van der Waals surface area contributed by atoms with Gasteiger partial charge in [-0.25, -0.2) is 9.97 Å². The molecule has 1 atom stereocenters. The summed E-state index contributed by atoms with van der Waals surface area (Å²) >= 11 is 0. The van der Waals surface area contributed by atoms with E-state index in [0.29, 0.717) is 5.82 Å². The van der Waals surface area contributed by atoms with Crippen LogP contribution in [0.2, 0.25) is 0 Å². The molecule has 0 amide bonds. The maximum absolute atomic E-state index is 5.34. The number of aromatic nitrogens is 3. The van der Waals surface area contributed by atoms with E-state index in [0.717, 1.165) is 61.4 Å². The number of benzene rings is 7. The summed E-state index contributed by atoms with van der Waals surface area (Å²) in [6, 6.07) is 66.3. The van der Waals surface area contributed by atoms with Gasteiger partial charge in [0.1, 0.15) is 11.5 Å². The Balaban J connectivity index is 1.13. The topological polar surface area (TPSA) is 42.2 Å². The van der Waals surface area contributed by atoms with Gasteiger partial charge in [-0.2, -0.15) is 0 Å². The minimum absolute atomic E-state index is 0.0129. The third kappa shape index (κ3) is 5.49. The summed E-state index contributed by atoms with van der Waals surface area (Å²) in [7, 11) is 0. The van der Waals surface area contributed by atoms with E-state index in [1.807, 2.05) is 18.2 Å². The molecule has 0 bridgehead atoms. The highest BCUT2D eigenvalue weighted by molar-refractivity contribution is 6.06. The molecule has 1 aliphatic heterocycles. The van der Waals surface area contributed by atoms with Crippen LogP contribution in [0.3, 0.4) is 0 Å². The van der Waals surface area contributed by atoms with Crippen molar-refractivity contribution in [1.29, 1.82) is 0 Å². The Labute approximate surface area is 308 Å². The van der Waals surface area contributed by atoms with Crippen molar-refractivity contribution in [3.05, 3.63) is 211 Å². The van der Waals surface area contributed by atoms with Gasteiger partial charge in [0.25, 0.3) is 0 Å². The highest BCUT2D eigenvalue weighted by Gasteiger charge is 2.23. The molecule has 4 heteroatoms. The maximum atomic E-state index is 5.34. The van der Waals surface area contributed by atoms with Crippen molar-refractivity contribution in [1.82, 2.24) is 14.4 Å². The Morgan fingerprint density at radius 1 is 0.453 bits per heavy atom. The molecule has 3 heterocycles. The van der Waals surface area contributed by atoms with Crippen molar-refractivity contribution in [2.75, 3.05) is 5.32 Å². The largest absolute Gasteiger partial charge is 0.374 e. The molecule has 0 fully saturated rings. The van der Waals surface area contributed by atoms with Gasteiger partial charge in [-0.05, 0) is 57.7 Å². The van der Waals surface area contributed by atoms with Gasteiger partial charge in [0, 0.05) is 33.2 Å². The molecule has 7 aromatic carbocycles. The highest BCUT2D eigenvalue weighted by atomic mass is 15.1. The lowest BCUT2D eigenvalue weighted by Crippen LogP contribution is -2.15. The van der Waals surface area contributed by atoms with Crippen LogP contribution in [-0.4, -0.2) is 14.4 Å². The van der Waals surface area contributed by atoms with Crippen LogP contribution in [0.1, 0.15) is 22.7 Å². The molecule has 10 rings (SSSR count). The summed E-state index contributed by atoms with van der Waals surface area (Å²) in [6.07, 6.45) is 2.36. The monoisotopic (exact) mass is 678 g/mol. The molecule has 0 saturated heterocycles. The van der Waals surface area contributed by atoms with Gasteiger partial charge in [0.05, 0.1) is 11.7 Å². The Hall–Kier alpha value is -7.04. The number of nitrogens with zero attached hydrogens (tertiary/aromatic N) is 3. The Kier molecular flexibility index (Phi) is 7.51. The summed E-state index contributed by atoms with van der Waals surface area (Å²) in [5.74, 6) is 1.55. The van der Waals surface area contributed by atoms with Crippen LogP contribution in [0, 0.1) is 0 Å². The smallest absolute Gasteiger partial charge is 0.163 e. The van der Waals surface area contributed by atoms with Crippen LogP contribution in [0.5, 0.6) is 0 Å². The number of rotatable bonds is 6. The van der Waals surface area contributed by atoms with E-state index in [1.54, 1.807) is 0 Å². The van der Waals surface area contributed by atoms with Gasteiger partial charge in [-0.3, -0.25) is 4.40 Å². The van der Waals surface area contributed by atoms with Crippen LogP contribution in [0.15, 0.2) is 194 Å². The Bertz CT molecular complexity index is 2800. The van der Waals surface area contributed by atoms with E-state index in [1.165, 1.54) is 22.3 Å². The highest BCUT2D eigenvalue weighted by Crippen LogP contribution is 2.41. The minimum atomic E-state index is 0.0129. The number of nitrogens with one attached hydrogen (secondary N) is 1.